The Labute approximate surface area is 107 Å². The Morgan fingerprint density at radius 1 is 1.17 bits per heavy atom. The zero-order valence-electron chi connectivity index (χ0n) is 10.9. The molecule has 0 radical (unpaired) electrons. The zero-order valence-corrected chi connectivity index (χ0v) is 10.9. The Hall–Kier alpha value is -1.84. The summed E-state index contributed by atoms with van der Waals surface area (Å²) in [6.07, 6.45) is 0.463. The van der Waals surface area contributed by atoms with Crippen LogP contribution in [0.15, 0.2) is 30.3 Å². The molecule has 0 amide bonds. The lowest BCUT2D eigenvalue weighted by atomic mass is 10.1. The number of rotatable bonds is 5. The molecule has 0 N–H and O–H groups in total. The SMILES string of the molecule is CC(=O)OC(C)(C)CCOC(=O)c1ccccc1. The van der Waals surface area contributed by atoms with Crippen LogP contribution in [0.3, 0.4) is 0 Å². The largest absolute Gasteiger partial charge is 0.462 e. The minimum Gasteiger partial charge on any atom is -0.462 e. The minimum absolute atomic E-state index is 0.216. The molecule has 0 saturated carbocycles. The summed E-state index contributed by atoms with van der Waals surface area (Å²) in [6, 6.07) is 8.78. The third-order valence-corrected chi connectivity index (χ3v) is 2.37. The van der Waals surface area contributed by atoms with Gasteiger partial charge in [-0.1, -0.05) is 18.2 Å². The lowest BCUT2D eigenvalue weighted by molar-refractivity contribution is -0.154. The maximum absolute atomic E-state index is 11.6. The van der Waals surface area contributed by atoms with Gasteiger partial charge < -0.3 is 9.47 Å². The van der Waals surface area contributed by atoms with Crippen molar-refractivity contribution in [3.05, 3.63) is 35.9 Å². The van der Waals surface area contributed by atoms with Gasteiger partial charge in [0.15, 0.2) is 0 Å². The lowest BCUT2D eigenvalue weighted by Gasteiger charge is -2.23. The van der Waals surface area contributed by atoms with Crippen molar-refractivity contribution in [2.45, 2.75) is 32.8 Å². The normalized spacial score (nSPS) is 10.8. The van der Waals surface area contributed by atoms with Crippen molar-refractivity contribution in [2.75, 3.05) is 6.61 Å². The van der Waals surface area contributed by atoms with Gasteiger partial charge in [-0.25, -0.2) is 4.79 Å². The van der Waals surface area contributed by atoms with E-state index in [9.17, 15) is 9.59 Å². The number of ether oxygens (including phenoxy) is 2. The van der Waals surface area contributed by atoms with E-state index in [1.165, 1.54) is 6.92 Å². The summed E-state index contributed by atoms with van der Waals surface area (Å²) in [7, 11) is 0. The van der Waals surface area contributed by atoms with Crippen LogP contribution in [-0.4, -0.2) is 24.1 Å². The van der Waals surface area contributed by atoms with Gasteiger partial charge in [-0.2, -0.15) is 0 Å². The van der Waals surface area contributed by atoms with Gasteiger partial charge in [0.1, 0.15) is 5.60 Å². The molecule has 0 aromatic heterocycles. The molecule has 0 bridgehead atoms. The molecule has 0 heterocycles. The van der Waals surface area contributed by atoms with Crippen molar-refractivity contribution in [2.24, 2.45) is 0 Å². The Morgan fingerprint density at radius 3 is 2.33 bits per heavy atom. The summed E-state index contributed by atoms with van der Waals surface area (Å²) in [4.78, 5) is 22.5. The topological polar surface area (TPSA) is 52.6 Å². The maximum Gasteiger partial charge on any atom is 0.338 e. The Kier molecular flexibility index (Phi) is 4.89. The van der Waals surface area contributed by atoms with Crippen LogP contribution in [0.25, 0.3) is 0 Å². The second-order valence-corrected chi connectivity index (χ2v) is 4.61. The van der Waals surface area contributed by atoms with E-state index in [0.29, 0.717) is 12.0 Å². The Balaban J connectivity index is 2.38. The van der Waals surface area contributed by atoms with Crippen LogP contribution in [0.5, 0.6) is 0 Å². The van der Waals surface area contributed by atoms with E-state index in [0.717, 1.165) is 0 Å². The highest BCUT2D eigenvalue weighted by atomic mass is 16.6. The molecule has 98 valence electrons. The van der Waals surface area contributed by atoms with Crippen molar-refractivity contribution in [3.8, 4) is 0 Å². The van der Waals surface area contributed by atoms with Crippen LogP contribution in [0, 0.1) is 0 Å². The Morgan fingerprint density at radius 2 is 1.78 bits per heavy atom. The predicted octanol–water partition coefficient (Wildman–Crippen LogP) is 2.58. The Bertz CT molecular complexity index is 409. The lowest BCUT2D eigenvalue weighted by Crippen LogP contribution is -2.29. The standard InChI is InChI=1S/C14H18O4/c1-11(15)18-14(2,3)9-10-17-13(16)12-7-5-4-6-8-12/h4-8H,9-10H2,1-3H3. The number of hydrogen-bond donors (Lipinski definition) is 0. The quantitative estimate of drug-likeness (QED) is 0.754. The summed E-state index contributed by atoms with van der Waals surface area (Å²) in [6.45, 7) is 5.14. The molecular formula is C14H18O4. The molecule has 0 saturated heterocycles. The molecule has 0 spiro atoms. The first-order valence-corrected chi connectivity index (χ1v) is 5.82. The third kappa shape index (κ3) is 4.99. The van der Waals surface area contributed by atoms with E-state index in [-0.39, 0.29) is 18.5 Å². The summed E-state index contributed by atoms with van der Waals surface area (Å²) < 4.78 is 10.2. The highest BCUT2D eigenvalue weighted by Gasteiger charge is 2.21. The summed E-state index contributed by atoms with van der Waals surface area (Å²) in [5, 5.41) is 0. The van der Waals surface area contributed by atoms with Gasteiger partial charge in [-0.15, -0.1) is 0 Å². The van der Waals surface area contributed by atoms with Crippen molar-refractivity contribution in [1.29, 1.82) is 0 Å². The van der Waals surface area contributed by atoms with E-state index in [1.807, 2.05) is 6.07 Å². The molecule has 0 fully saturated rings. The summed E-state index contributed by atoms with van der Waals surface area (Å²) in [5.41, 5.74) is -0.106. The average molecular weight is 250 g/mol. The van der Waals surface area contributed by atoms with Crippen LogP contribution in [0.4, 0.5) is 0 Å². The van der Waals surface area contributed by atoms with Crippen LogP contribution in [-0.2, 0) is 14.3 Å². The van der Waals surface area contributed by atoms with E-state index in [1.54, 1.807) is 38.1 Å². The predicted molar refractivity (Wildman–Crippen MR) is 67.2 cm³/mol. The number of carbonyl (C=O) groups excluding carboxylic acids is 2. The molecule has 0 aliphatic rings. The van der Waals surface area contributed by atoms with Gasteiger partial charge in [0.25, 0.3) is 0 Å². The van der Waals surface area contributed by atoms with Crippen LogP contribution in [0.1, 0.15) is 37.6 Å². The van der Waals surface area contributed by atoms with Crippen LogP contribution >= 0.6 is 0 Å². The molecule has 0 unspecified atom stereocenters. The van der Waals surface area contributed by atoms with Crippen LogP contribution in [0.2, 0.25) is 0 Å². The van der Waals surface area contributed by atoms with Crippen molar-refractivity contribution in [3.63, 3.8) is 0 Å². The van der Waals surface area contributed by atoms with Gasteiger partial charge in [0.2, 0.25) is 0 Å². The van der Waals surface area contributed by atoms with Gasteiger partial charge in [-0.3, -0.25) is 4.79 Å². The van der Waals surface area contributed by atoms with Gasteiger partial charge in [0, 0.05) is 13.3 Å². The first-order valence-electron chi connectivity index (χ1n) is 5.82. The minimum atomic E-state index is -0.622. The fourth-order valence-electron chi connectivity index (χ4n) is 1.49. The molecule has 4 nitrogen and oxygen atoms in total. The van der Waals surface area contributed by atoms with E-state index < -0.39 is 5.60 Å². The van der Waals surface area contributed by atoms with Crippen LogP contribution < -0.4 is 0 Å². The second kappa shape index (κ2) is 6.19. The average Bonchev–Trinajstić information content (AvgIpc) is 2.28. The van der Waals surface area contributed by atoms with E-state index in [2.05, 4.69) is 0 Å². The van der Waals surface area contributed by atoms with E-state index in [4.69, 9.17) is 9.47 Å². The molecule has 4 heteroatoms. The molecular weight excluding hydrogens is 232 g/mol. The smallest absolute Gasteiger partial charge is 0.338 e. The first kappa shape index (κ1) is 14.2. The fraction of sp³-hybridized carbons (Fsp3) is 0.429. The second-order valence-electron chi connectivity index (χ2n) is 4.61. The molecule has 0 aliphatic heterocycles. The number of esters is 2. The maximum atomic E-state index is 11.6. The number of carbonyl (C=O) groups is 2. The highest BCUT2D eigenvalue weighted by molar-refractivity contribution is 5.89. The van der Waals surface area contributed by atoms with Gasteiger partial charge in [-0.05, 0) is 26.0 Å². The molecule has 1 aromatic carbocycles. The monoisotopic (exact) mass is 250 g/mol. The fourth-order valence-corrected chi connectivity index (χ4v) is 1.49. The van der Waals surface area contributed by atoms with Crippen molar-refractivity contribution >= 4 is 11.9 Å². The van der Waals surface area contributed by atoms with Gasteiger partial charge >= 0.3 is 11.9 Å². The molecule has 18 heavy (non-hydrogen) atoms. The van der Waals surface area contributed by atoms with Crippen molar-refractivity contribution in [1.82, 2.24) is 0 Å². The molecule has 1 aromatic rings. The zero-order chi connectivity index (χ0) is 13.6. The van der Waals surface area contributed by atoms with Crippen molar-refractivity contribution < 1.29 is 19.1 Å². The first-order chi connectivity index (χ1) is 8.41. The molecule has 0 atom stereocenters. The third-order valence-electron chi connectivity index (χ3n) is 2.37. The molecule has 0 aliphatic carbocycles. The number of hydrogen-bond acceptors (Lipinski definition) is 4. The summed E-state index contributed by atoms with van der Waals surface area (Å²) in [5.74, 6) is -0.705. The highest BCUT2D eigenvalue weighted by Crippen LogP contribution is 2.15. The van der Waals surface area contributed by atoms with E-state index >= 15 is 0 Å². The van der Waals surface area contributed by atoms with Gasteiger partial charge in [0.05, 0.1) is 12.2 Å². The number of benzene rings is 1. The summed E-state index contributed by atoms with van der Waals surface area (Å²) >= 11 is 0. The molecule has 1 rings (SSSR count).